The van der Waals surface area contributed by atoms with E-state index in [1.807, 2.05) is 6.07 Å². The number of benzene rings is 2. The number of hydrogen-bond acceptors (Lipinski definition) is 10. The first-order chi connectivity index (χ1) is 15.8. The summed E-state index contributed by atoms with van der Waals surface area (Å²) in [5.41, 5.74) is 5.41. The minimum atomic E-state index is -1.07. The molecule has 0 radical (unpaired) electrons. The van der Waals surface area contributed by atoms with Crippen LogP contribution in [0.25, 0.3) is 0 Å². The summed E-state index contributed by atoms with van der Waals surface area (Å²) in [7, 11) is 2.18. The maximum Gasteiger partial charge on any atom is 0.355 e. The van der Waals surface area contributed by atoms with Crippen molar-refractivity contribution in [1.82, 2.24) is 0 Å². The first-order valence-corrected chi connectivity index (χ1v) is 9.39. The number of carbonyl (C=O) groups excluding carboxylic acids is 2. The number of hydrogen-bond donors (Lipinski definition) is 2. The molecule has 0 aliphatic carbocycles. The molecule has 3 N–H and O–H groups in total. The molecule has 2 aromatic carbocycles. The highest BCUT2D eigenvalue weighted by atomic mass is 16.6. The Kier molecular flexibility index (Phi) is 6.30. The van der Waals surface area contributed by atoms with Crippen molar-refractivity contribution in [2.24, 2.45) is 5.73 Å². The molecule has 0 aromatic heterocycles. The highest BCUT2D eigenvalue weighted by molar-refractivity contribution is 6.06. The molecule has 1 aliphatic heterocycles. The number of phenols is 1. The van der Waals surface area contributed by atoms with Crippen LogP contribution >= 0.6 is 0 Å². The van der Waals surface area contributed by atoms with Gasteiger partial charge in [0.1, 0.15) is 17.3 Å². The molecular weight excluding hydrogens is 432 g/mol. The zero-order valence-electron chi connectivity index (χ0n) is 17.5. The van der Waals surface area contributed by atoms with Gasteiger partial charge < -0.3 is 20.3 Å². The van der Waals surface area contributed by atoms with E-state index < -0.39 is 39.9 Å². The van der Waals surface area contributed by atoms with Crippen molar-refractivity contribution in [2.45, 2.75) is 5.92 Å². The molecular formula is C22H18N4O7. The van der Waals surface area contributed by atoms with Crippen molar-refractivity contribution in [1.29, 1.82) is 5.26 Å². The lowest BCUT2D eigenvalue weighted by molar-refractivity contribution is -0.384. The summed E-state index contributed by atoms with van der Waals surface area (Å²) >= 11 is 0. The number of allylic oxidation sites excluding steroid dienone is 1. The van der Waals surface area contributed by atoms with E-state index in [0.29, 0.717) is 5.56 Å². The van der Waals surface area contributed by atoms with Gasteiger partial charge in [-0.2, -0.15) is 5.26 Å². The fourth-order valence-corrected chi connectivity index (χ4v) is 3.58. The SMILES string of the molecule is COC(=O)C1=C(C(=O)OC)N(c2ccc([N+](=O)[O-])cc2O)C(N)=C(C#N)C1c1ccccc1. The molecule has 1 unspecified atom stereocenters. The van der Waals surface area contributed by atoms with Gasteiger partial charge in [0.2, 0.25) is 0 Å². The third-order valence-corrected chi connectivity index (χ3v) is 5.02. The number of nitro benzene ring substituents is 1. The van der Waals surface area contributed by atoms with Gasteiger partial charge >= 0.3 is 11.9 Å². The predicted molar refractivity (Wildman–Crippen MR) is 114 cm³/mol. The average molecular weight is 450 g/mol. The van der Waals surface area contributed by atoms with Crippen molar-refractivity contribution in [3.63, 3.8) is 0 Å². The number of anilines is 1. The van der Waals surface area contributed by atoms with Gasteiger partial charge in [0.05, 0.1) is 54.0 Å². The summed E-state index contributed by atoms with van der Waals surface area (Å²) in [6.45, 7) is 0. The molecule has 0 saturated heterocycles. The Morgan fingerprint density at radius 3 is 2.30 bits per heavy atom. The number of ether oxygens (including phenoxy) is 2. The second-order valence-electron chi connectivity index (χ2n) is 6.77. The topological polar surface area (TPSA) is 169 Å². The summed E-state index contributed by atoms with van der Waals surface area (Å²) in [6, 6.07) is 13.4. The molecule has 2 aromatic rings. The minimum Gasteiger partial charge on any atom is -0.505 e. The molecule has 0 bridgehead atoms. The zero-order valence-corrected chi connectivity index (χ0v) is 17.5. The highest BCUT2D eigenvalue weighted by Crippen LogP contribution is 2.45. The van der Waals surface area contributed by atoms with Gasteiger partial charge in [-0.1, -0.05) is 30.3 Å². The first kappa shape index (κ1) is 22.8. The summed E-state index contributed by atoms with van der Waals surface area (Å²) in [5.74, 6) is -3.91. The molecule has 0 fully saturated rings. The van der Waals surface area contributed by atoms with Crippen molar-refractivity contribution in [3.05, 3.63) is 86.9 Å². The van der Waals surface area contributed by atoms with E-state index in [9.17, 15) is 30.1 Å². The van der Waals surface area contributed by atoms with Gasteiger partial charge in [-0.05, 0) is 11.6 Å². The number of aromatic hydroxyl groups is 1. The Bertz CT molecular complexity index is 1250. The number of nitrogens with zero attached hydrogens (tertiary/aromatic N) is 3. The van der Waals surface area contributed by atoms with Crippen molar-refractivity contribution < 1.29 is 29.1 Å². The van der Waals surface area contributed by atoms with Crippen LogP contribution in [0.3, 0.4) is 0 Å². The standard InChI is InChI=1S/C22H18N4O7/c1-32-21(28)18-17(12-6-4-3-5-7-12)14(11-23)20(24)25(19(18)22(29)33-2)15-9-8-13(26(30)31)10-16(15)27/h3-10,17,27H,24H2,1-2H3. The number of phenolic OH excluding ortho intramolecular Hbond substituents is 1. The molecule has 168 valence electrons. The minimum absolute atomic E-state index is 0.105. The quantitative estimate of drug-likeness (QED) is 0.391. The first-order valence-electron chi connectivity index (χ1n) is 9.39. The molecule has 1 heterocycles. The van der Waals surface area contributed by atoms with Gasteiger partial charge in [0.15, 0.2) is 0 Å². The maximum atomic E-state index is 12.9. The fourth-order valence-electron chi connectivity index (χ4n) is 3.58. The third-order valence-electron chi connectivity index (χ3n) is 5.02. The number of nitrogens with two attached hydrogens (primary N) is 1. The van der Waals surface area contributed by atoms with E-state index in [4.69, 9.17) is 15.2 Å². The van der Waals surface area contributed by atoms with Crippen LogP contribution in [-0.4, -0.2) is 36.2 Å². The van der Waals surface area contributed by atoms with Crippen molar-refractivity contribution >= 4 is 23.3 Å². The molecule has 3 rings (SSSR count). The Balaban J connectivity index is 2.41. The van der Waals surface area contributed by atoms with Crippen molar-refractivity contribution in [3.8, 4) is 11.8 Å². The van der Waals surface area contributed by atoms with Crippen LogP contribution in [0, 0.1) is 21.4 Å². The Morgan fingerprint density at radius 2 is 1.79 bits per heavy atom. The van der Waals surface area contributed by atoms with E-state index >= 15 is 0 Å². The van der Waals surface area contributed by atoms with Crippen LogP contribution in [0.2, 0.25) is 0 Å². The number of non-ortho nitro benzene ring substituents is 1. The fraction of sp³-hybridized carbons (Fsp3) is 0.136. The van der Waals surface area contributed by atoms with Gasteiger partial charge in [-0.3, -0.25) is 15.0 Å². The smallest absolute Gasteiger partial charge is 0.355 e. The molecule has 1 aliphatic rings. The molecule has 11 heteroatoms. The van der Waals surface area contributed by atoms with Crippen LogP contribution in [0.4, 0.5) is 11.4 Å². The van der Waals surface area contributed by atoms with Crippen molar-refractivity contribution in [2.75, 3.05) is 19.1 Å². The average Bonchev–Trinajstić information content (AvgIpc) is 2.82. The van der Waals surface area contributed by atoms with Gasteiger partial charge in [0, 0.05) is 6.07 Å². The normalized spacial score (nSPS) is 15.7. The lowest BCUT2D eigenvalue weighted by Gasteiger charge is -2.36. The molecule has 0 spiro atoms. The van der Waals surface area contributed by atoms with Crippen LogP contribution < -0.4 is 10.6 Å². The van der Waals surface area contributed by atoms with Gasteiger partial charge in [-0.25, -0.2) is 9.59 Å². The summed E-state index contributed by atoms with van der Waals surface area (Å²) in [5, 5.41) is 31.5. The van der Waals surface area contributed by atoms with Crippen LogP contribution in [0.1, 0.15) is 11.5 Å². The summed E-state index contributed by atoms with van der Waals surface area (Å²) in [4.78, 5) is 37.1. The number of carbonyl (C=O) groups is 2. The number of nitro groups is 1. The lowest BCUT2D eigenvalue weighted by atomic mass is 9.81. The third kappa shape index (κ3) is 3.92. The lowest BCUT2D eigenvalue weighted by Crippen LogP contribution is -2.40. The number of rotatable bonds is 5. The van der Waals surface area contributed by atoms with E-state index in [1.165, 1.54) is 0 Å². The monoisotopic (exact) mass is 450 g/mol. The second-order valence-corrected chi connectivity index (χ2v) is 6.77. The number of esters is 2. The molecule has 33 heavy (non-hydrogen) atoms. The van der Waals surface area contributed by atoms with E-state index in [1.54, 1.807) is 30.3 Å². The van der Waals surface area contributed by atoms with Crippen LogP contribution in [0.5, 0.6) is 5.75 Å². The second kappa shape index (κ2) is 9.11. The molecule has 1 atom stereocenters. The molecule has 0 saturated carbocycles. The Morgan fingerprint density at radius 1 is 1.15 bits per heavy atom. The van der Waals surface area contributed by atoms with E-state index in [0.717, 1.165) is 37.3 Å². The highest BCUT2D eigenvalue weighted by Gasteiger charge is 2.43. The largest absolute Gasteiger partial charge is 0.505 e. The van der Waals surface area contributed by atoms with Crippen LogP contribution in [0.15, 0.2) is 71.2 Å². The number of nitriles is 1. The van der Waals surface area contributed by atoms with Gasteiger partial charge in [-0.15, -0.1) is 0 Å². The summed E-state index contributed by atoms with van der Waals surface area (Å²) < 4.78 is 9.78. The van der Waals surface area contributed by atoms with E-state index in [-0.39, 0.29) is 22.7 Å². The maximum absolute atomic E-state index is 12.9. The Hall–Kier alpha value is -4.85. The Labute approximate surface area is 187 Å². The van der Waals surface area contributed by atoms with Crippen LogP contribution in [-0.2, 0) is 19.1 Å². The van der Waals surface area contributed by atoms with Gasteiger partial charge in [0.25, 0.3) is 5.69 Å². The molecule has 11 nitrogen and oxygen atoms in total. The summed E-state index contributed by atoms with van der Waals surface area (Å²) in [6.07, 6.45) is 0. The zero-order chi connectivity index (χ0) is 24.3. The molecule has 0 amide bonds. The van der Waals surface area contributed by atoms with E-state index in [2.05, 4.69) is 0 Å². The predicted octanol–water partition coefficient (Wildman–Crippen LogP) is 2.20. The number of methoxy groups -OCH3 is 2.